The molecule has 0 bridgehead atoms. The maximum Gasteiger partial charge on any atom is 0.184 e. The molecule has 0 radical (unpaired) electrons. The molecule has 1 aromatic carbocycles. The van der Waals surface area contributed by atoms with E-state index in [2.05, 4.69) is 27.6 Å². The van der Waals surface area contributed by atoms with E-state index in [1.807, 2.05) is 37.3 Å². The van der Waals surface area contributed by atoms with Crippen molar-refractivity contribution in [3.8, 4) is 0 Å². The van der Waals surface area contributed by atoms with Crippen LogP contribution in [0.5, 0.6) is 0 Å². The number of hydrogen-bond acceptors (Lipinski definition) is 7. The molecule has 8 nitrogen and oxygen atoms in total. The number of ether oxygens (including phenoxy) is 4. The fourth-order valence-corrected chi connectivity index (χ4v) is 4.86. The Balaban J connectivity index is 1.88. The van der Waals surface area contributed by atoms with Crippen LogP contribution in [0.4, 0.5) is 0 Å². The minimum atomic E-state index is -1.32. The lowest BCUT2D eigenvalue weighted by atomic mass is 9.75. The van der Waals surface area contributed by atoms with Gasteiger partial charge in [0.15, 0.2) is 6.29 Å². The number of methoxy groups -OCH3 is 1. The van der Waals surface area contributed by atoms with Crippen molar-refractivity contribution in [3.63, 3.8) is 0 Å². The standard InChI is InChI=1S/C20H21ClN4O4S/c1-11-14(8-13(21)9-23-11)20(24-25-22)16-15(28-19(30)17(20)26-2)10-27-18(29-16)12-6-4-3-5-7-12/h3-9,15-19,30H,10H2,1-2H3/t15-,16+,17+,18?,19-,20?/m1/s1. The van der Waals surface area contributed by atoms with Gasteiger partial charge in [0.2, 0.25) is 0 Å². The summed E-state index contributed by atoms with van der Waals surface area (Å²) in [5.41, 5.74) is 9.64. The molecule has 2 fully saturated rings. The Hall–Kier alpha value is -1.84. The predicted octanol–water partition coefficient (Wildman–Crippen LogP) is 4.33. The van der Waals surface area contributed by atoms with Gasteiger partial charge >= 0.3 is 0 Å². The lowest BCUT2D eigenvalue weighted by molar-refractivity contribution is -0.317. The number of benzene rings is 1. The Morgan fingerprint density at radius 3 is 2.80 bits per heavy atom. The number of rotatable bonds is 4. The molecule has 0 saturated carbocycles. The number of nitrogens with zero attached hydrogens (tertiary/aromatic N) is 4. The number of thiol groups is 1. The summed E-state index contributed by atoms with van der Waals surface area (Å²) in [6.45, 7) is 2.05. The Kier molecular flexibility index (Phi) is 6.22. The molecule has 3 heterocycles. The molecule has 158 valence electrons. The molecule has 2 aromatic rings. The quantitative estimate of drug-likeness (QED) is 0.325. The van der Waals surface area contributed by atoms with Gasteiger partial charge in [0.05, 0.1) is 11.6 Å². The van der Waals surface area contributed by atoms with Gasteiger partial charge in [0, 0.05) is 29.5 Å². The smallest absolute Gasteiger partial charge is 0.184 e. The van der Waals surface area contributed by atoms with E-state index >= 15 is 0 Å². The Morgan fingerprint density at radius 1 is 1.33 bits per heavy atom. The molecule has 0 aliphatic carbocycles. The van der Waals surface area contributed by atoms with Gasteiger partial charge in [-0.25, -0.2) is 0 Å². The normalized spacial score (nSPS) is 33.4. The fourth-order valence-electron chi connectivity index (χ4n) is 4.20. The highest BCUT2D eigenvalue weighted by molar-refractivity contribution is 7.80. The third-order valence-electron chi connectivity index (χ3n) is 5.48. The number of hydrogen-bond donors (Lipinski definition) is 1. The van der Waals surface area contributed by atoms with Crippen LogP contribution in [-0.4, -0.2) is 42.4 Å². The Labute approximate surface area is 184 Å². The molecule has 1 aromatic heterocycles. The van der Waals surface area contributed by atoms with Crippen LogP contribution in [0.25, 0.3) is 10.4 Å². The zero-order valence-electron chi connectivity index (χ0n) is 16.4. The number of fused-ring (bicyclic) bond motifs is 1. The molecule has 2 aliphatic heterocycles. The first kappa shape index (κ1) is 21.4. The molecule has 0 N–H and O–H groups in total. The SMILES string of the molecule is CO[C@H]1[C@@H](S)O[C@@H]2COC(c3ccccc3)O[C@@H]2C1(N=[N+]=[N-])c1cc(Cl)cnc1C. The van der Waals surface area contributed by atoms with Gasteiger partial charge in [0.25, 0.3) is 0 Å². The van der Waals surface area contributed by atoms with Crippen LogP contribution in [0.15, 0.2) is 47.7 Å². The van der Waals surface area contributed by atoms with Crippen LogP contribution in [0.1, 0.15) is 23.1 Å². The van der Waals surface area contributed by atoms with Crippen LogP contribution in [-0.2, 0) is 24.5 Å². The second-order valence-electron chi connectivity index (χ2n) is 7.16. The van der Waals surface area contributed by atoms with E-state index in [-0.39, 0.29) is 6.61 Å². The molecule has 2 saturated heterocycles. The highest BCUT2D eigenvalue weighted by atomic mass is 35.5. The highest BCUT2D eigenvalue weighted by Gasteiger charge is 2.60. The molecule has 10 heteroatoms. The van der Waals surface area contributed by atoms with Gasteiger partial charge in [0.1, 0.15) is 29.3 Å². The van der Waals surface area contributed by atoms with Crippen LogP contribution in [0, 0.1) is 6.92 Å². The summed E-state index contributed by atoms with van der Waals surface area (Å²) >= 11 is 10.8. The van der Waals surface area contributed by atoms with Crippen molar-refractivity contribution < 1.29 is 18.9 Å². The Morgan fingerprint density at radius 2 is 2.10 bits per heavy atom. The van der Waals surface area contributed by atoms with E-state index in [1.54, 1.807) is 12.3 Å². The van der Waals surface area contributed by atoms with Crippen molar-refractivity contribution >= 4 is 24.2 Å². The van der Waals surface area contributed by atoms with Crippen LogP contribution < -0.4 is 0 Å². The topological polar surface area (TPSA) is 98.6 Å². The summed E-state index contributed by atoms with van der Waals surface area (Å²) in [4.78, 5) is 7.53. The average Bonchev–Trinajstić information content (AvgIpc) is 2.76. The monoisotopic (exact) mass is 448 g/mol. The van der Waals surface area contributed by atoms with Crippen LogP contribution in [0.3, 0.4) is 0 Å². The zero-order chi connectivity index (χ0) is 21.3. The number of pyridine rings is 1. The molecule has 0 spiro atoms. The maximum absolute atomic E-state index is 9.57. The van der Waals surface area contributed by atoms with Gasteiger partial charge in [-0.1, -0.05) is 47.0 Å². The maximum atomic E-state index is 9.57. The first-order valence-electron chi connectivity index (χ1n) is 9.38. The van der Waals surface area contributed by atoms with Crippen molar-refractivity contribution in [2.75, 3.05) is 13.7 Å². The molecule has 6 atom stereocenters. The number of aryl methyl sites for hydroxylation is 1. The van der Waals surface area contributed by atoms with Crippen molar-refractivity contribution in [2.24, 2.45) is 5.11 Å². The van der Waals surface area contributed by atoms with Crippen molar-refractivity contribution in [3.05, 3.63) is 74.9 Å². The minimum Gasteiger partial charge on any atom is -0.377 e. The lowest BCUT2D eigenvalue weighted by Gasteiger charge is -2.53. The first-order valence-corrected chi connectivity index (χ1v) is 10.3. The molecular weight excluding hydrogens is 428 g/mol. The zero-order valence-corrected chi connectivity index (χ0v) is 18.0. The van der Waals surface area contributed by atoms with Crippen molar-refractivity contribution in [1.29, 1.82) is 0 Å². The van der Waals surface area contributed by atoms with E-state index in [0.717, 1.165) is 5.56 Å². The largest absolute Gasteiger partial charge is 0.377 e. The summed E-state index contributed by atoms with van der Waals surface area (Å²) < 4.78 is 24.1. The fraction of sp³-hybridized carbons (Fsp3) is 0.450. The lowest BCUT2D eigenvalue weighted by Crippen LogP contribution is -2.66. The van der Waals surface area contributed by atoms with Gasteiger partial charge in [-0.3, -0.25) is 4.98 Å². The average molecular weight is 449 g/mol. The van der Waals surface area contributed by atoms with Crippen molar-refractivity contribution in [2.45, 2.75) is 42.5 Å². The van der Waals surface area contributed by atoms with Gasteiger partial charge in [-0.2, -0.15) is 0 Å². The number of azide groups is 1. The second kappa shape index (κ2) is 8.72. The minimum absolute atomic E-state index is 0.230. The summed E-state index contributed by atoms with van der Waals surface area (Å²) in [6.07, 6.45) is -1.14. The summed E-state index contributed by atoms with van der Waals surface area (Å²) in [6, 6.07) is 11.3. The van der Waals surface area contributed by atoms with E-state index in [4.69, 9.17) is 30.5 Å². The van der Waals surface area contributed by atoms with Crippen LogP contribution >= 0.6 is 24.2 Å². The molecule has 0 amide bonds. The molecule has 30 heavy (non-hydrogen) atoms. The molecule has 2 aliphatic rings. The van der Waals surface area contributed by atoms with E-state index in [1.165, 1.54) is 7.11 Å². The number of halogens is 1. The number of aromatic nitrogens is 1. The van der Waals surface area contributed by atoms with E-state index < -0.39 is 35.6 Å². The second-order valence-corrected chi connectivity index (χ2v) is 8.10. The molecule has 2 unspecified atom stereocenters. The third kappa shape index (κ3) is 3.56. The molecular formula is C20H21ClN4O4S. The first-order chi connectivity index (χ1) is 14.5. The van der Waals surface area contributed by atoms with Gasteiger partial charge in [-0.15, -0.1) is 12.6 Å². The van der Waals surface area contributed by atoms with E-state index in [9.17, 15) is 5.53 Å². The summed E-state index contributed by atoms with van der Waals surface area (Å²) in [5.74, 6) is 0. The van der Waals surface area contributed by atoms with Crippen molar-refractivity contribution in [1.82, 2.24) is 4.98 Å². The summed E-state index contributed by atoms with van der Waals surface area (Å²) in [5, 5.41) is 4.66. The Bertz CT molecular complexity index is 961. The van der Waals surface area contributed by atoms with Crippen LogP contribution in [0.2, 0.25) is 5.02 Å². The van der Waals surface area contributed by atoms with Gasteiger partial charge < -0.3 is 18.9 Å². The van der Waals surface area contributed by atoms with Gasteiger partial charge in [-0.05, 0) is 24.1 Å². The third-order valence-corrected chi connectivity index (χ3v) is 6.08. The van der Waals surface area contributed by atoms with E-state index in [0.29, 0.717) is 16.3 Å². The highest BCUT2D eigenvalue weighted by Crippen LogP contribution is 2.49. The molecule has 4 rings (SSSR count). The summed E-state index contributed by atoms with van der Waals surface area (Å²) in [7, 11) is 1.51. The predicted molar refractivity (Wildman–Crippen MR) is 113 cm³/mol.